The van der Waals surface area contributed by atoms with Crippen molar-refractivity contribution in [3.05, 3.63) is 66.1 Å². The highest BCUT2D eigenvalue weighted by molar-refractivity contribution is 5.88. The molecular formula is C22H24F3N7O3. The van der Waals surface area contributed by atoms with Gasteiger partial charge in [-0.05, 0) is 31.0 Å². The van der Waals surface area contributed by atoms with Gasteiger partial charge in [-0.2, -0.15) is 18.3 Å². The average molecular weight is 491 g/mol. The molecule has 3 N–H and O–H groups in total. The predicted octanol–water partition coefficient (Wildman–Crippen LogP) is 3.00. The molecule has 186 valence electrons. The van der Waals surface area contributed by atoms with E-state index in [1.54, 1.807) is 18.5 Å². The first-order valence-electron chi connectivity index (χ1n) is 10.6. The van der Waals surface area contributed by atoms with Crippen LogP contribution in [0.5, 0.6) is 0 Å². The summed E-state index contributed by atoms with van der Waals surface area (Å²) in [6.07, 6.45) is 0.709. The Hall–Kier alpha value is -4.00. The number of rotatable bonds is 5. The Balaban J connectivity index is 0.000000429. The number of hydrogen-bond donors (Lipinski definition) is 3. The Morgan fingerprint density at radius 2 is 1.89 bits per heavy atom. The number of aromatic nitrogens is 4. The number of aryl methyl sites for hydroxylation is 1. The first kappa shape index (κ1) is 25.6. The van der Waals surface area contributed by atoms with Crippen molar-refractivity contribution in [3.8, 4) is 5.69 Å². The monoisotopic (exact) mass is 491 g/mol. The number of likely N-dealkylation sites (tertiary alicyclic amines) is 1. The summed E-state index contributed by atoms with van der Waals surface area (Å²) in [5.41, 5.74) is 3.29. The predicted molar refractivity (Wildman–Crippen MR) is 120 cm³/mol. The lowest BCUT2D eigenvalue weighted by Crippen LogP contribution is -2.39. The lowest BCUT2D eigenvalue weighted by molar-refractivity contribution is -0.192. The number of urea groups is 1. The van der Waals surface area contributed by atoms with Crippen molar-refractivity contribution in [2.75, 3.05) is 18.4 Å². The van der Waals surface area contributed by atoms with Gasteiger partial charge >= 0.3 is 18.2 Å². The lowest BCUT2D eigenvalue weighted by atomic mass is 10.1. The Bertz CT molecular complexity index is 1120. The molecule has 1 aromatic carbocycles. The van der Waals surface area contributed by atoms with Crippen LogP contribution in [-0.4, -0.2) is 67.3 Å². The lowest BCUT2D eigenvalue weighted by Gasteiger charge is -2.17. The molecule has 0 saturated carbocycles. The van der Waals surface area contributed by atoms with Gasteiger partial charge in [0.2, 0.25) is 0 Å². The van der Waals surface area contributed by atoms with Gasteiger partial charge in [0, 0.05) is 31.9 Å². The van der Waals surface area contributed by atoms with Crippen LogP contribution in [-0.2, 0) is 11.3 Å². The normalized spacial score (nSPS) is 15.7. The van der Waals surface area contributed by atoms with Crippen LogP contribution in [0.1, 0.15) is 17.5 Å². The fourth-order valence-corrected chi connectivity index (χ4v) is 3.30. The number of nitrogens with one attached hydrogen (secondary N) is 2. The fourth-order valence-electron chi connectivity index (χ4n) is 3.30. The quantitative estimate of drug-likeness (QED) is 0.501. The number of carboxylic acid groups (broad SMARTS) is 1. The summed E-state index contributed by atoms with van der Waals surface area (Å²) in [5, 5.41) is 21.3. The zero-order chi connectivity index (χ0) is 25.4. The zero-order valence-corrected chi connectivity index (χ0v) is 18.7. The molecule has 2 amide bonds. The minimum absolute atomic E-state index is 0.124. The van der Waals surface area contributed by atoms with Crippen LogP contribution in [0.3, 0.4) is 0 Å². The van der Waals surface area contributed by atoms with E-state index in [-0.39, 0.29) is 12.1 Å². The number of aliphatic carboxylic acids is 1. The van der Waals surface area contributed by atoms with Gasteiger partial charge in [-0.25, -0.2) is 9.59 Å². The van der Waals surface area contributed by atoms with Gasteiger partial charge in [0.25, 0.3) is 0 Å². The number of pyridine rings is 1. The maximum atomic E-state index is 12.3. The van der Waals surface area contributed by atoms with E-state index in [0.29, 0.717) is 5.82 Å². The first-order chi connectivity index (χ1) is 16.6. The molecule has 0 spiro atoms. The molecule has 35 heavy (non-hydrogen) atoms. The van der Waals surface area contributed by atoms with Gasteiger partial charge in [0.1, 0.15) is 5.69 Å². The number of carboxylic acids is 1. The van der Waals surface area contributed by atoms with Crippen LogP contribution in [0, 0.1) is 6.92 Å². The van der Waals surface area contributed by atoms with Crippen molar-refractivity contribution in [2.45, 2.75) is 32.1 Å². The van der Waals surface area contributed by atoms with Crippen molar-refractivity contribution in [2.24, 2.45) is 0 Å². The fraction of sp³-hybridized carbons (Fsp3) is 0.318. The number of alkyl halides is 3. The molecule has 1 unspecified atom stereocenters. The Labute approximate surface area is 198 Å². The summed E-state index contributed by atoms with van der Waals surface area (Å²) in [4.78, 5) is 29.0. The summed E-state index contributed by atoms with van der Waals surface area (Å²) < 4.78 is 31.7. The molecule has 2 aromatic heterocycles. The van der Waals surface area contributed by atoms with E-state index in [1.807, 2.05) is 6.07 Å². The van der Waals surface area contributed by atoms with Crippen LogP contribution in [0.15, 0.2) is 55.0 Å². The van der Waals surface area contributed by atoms with E-state index in [9.17, 15) is 18.0 Å². The number of anilines is 1. The molecule has 0 bridgehead atoms. The third-order valence-electron chi connectivity index (χ3n) is 4.99. The molecule has 1 atom stereocenters. The molecule has 1 saturated heterocycles. The second-order valence-corrected chi connectivity index (χ2v) is 7.84. The van der Waals surface area contributed by atoms with Crippen LogP contribution < -0.4 is 10.6 Å². The highest BCUT2D eigenvalue weighted by Crippen LogP contribution is 2.15. The number of benzene rings is 1. The standard InChI is InChI=1S/C20H23N7O.C2HF3O2/c1-15-4-6-16(7-5-15)13-26-10-8-17(14-26)23-20(28)24-19-12-22-27(25-19)18-3-2-9-21-11-18;3-2(4,5)1(6)7/h2-7,9,11-12,17H,8,10,13-14H2,1H3,(H2,23,24,25,28);(H,6,7). The van der Waals surface area contributed by atoms with Crippen molar-refractivity contribution < 1.29 is 27.9 Å². The number of carbonyl (C=O) groups is 2. The van der Waals surface area contributed by atoms with Crippen molar-refractivity contribution in [3.63, 3.8) is 0 Å². The first-order valence-corrected chi connectivity index (χ1v) is 10.6. The molecule has 10 nitrogen and oxygen atoms in total. The third-order valence-corrected chi connectivity index (χ3v) is 4.99. The van der Waals surface area contributed by atoms with Crippen LogP contribution in [0.25, 0.3) is 5.69 Å². The number of halogens is 3. The largest absolute Gasteiger partial charge is 0.490 e. The SMILES string of the molecule is Cc1ccc(CN2CCC(NC(=O)Nc3cnn(-c4cccnc4)n3)C2)cc1.O=C(O)C(F)(F)F. The number of nitrogens with zero attached hydrogens (tertiary/aromatic N) is 5. The molecule has 1 aliphatic heterocycles. The van der Waals surface area contributed by atoms with E-state index in [0.717, 1.165) is 31.7 Å². The second-order valence-electron chi connectivity index (χ2n) is 7.84. The summed E-state index contributed by atoms with van der Waals surface area (Å²) in [6.45, 7) is 4.80. The zero-order valence-electron chi connectivity index (χ0n) is 18.7. The molecule has 0 aliphatic carbocycles. The Kier molecular flexibility index (Phi) is 8.36. The second kappa shape index (κ2) is 11.4. The number of amides is 2. The summed E-state index contributed by atoms with van der Waals surface area (Å²) in [5.74, 6) is -2.36. The third kappa shape index (κ3) is 8.07. The van der Waals surface area contributed by atoms with Crippen LogP contribution >= 0.6 is 0 Å². The molecule has 0 radical (unpaired) electrons. The minimum Gasteiger partial charge on any atom is -0.475 e. The van der Waals surface area contributed by atoms with E-state index < -0.39 is 12.1 Å². The van der Waals surface area contributed by atoms with Crippen molar-refractivity contribution >= 4 is 17.8 Å². The van der Waals surface area contributed by atoms with Crippen molar-refractivity contribution in [1.82, 2.24) is 30.2 Å². The number of carbonyl (C=O) groups excluding carboxylic acids is 1. The van der Waals surface area contributed by atoms with Gasteiger partial charge < -0.3 is 10.4 Å². The van der Waals surface area contributed by atoms with Crippen LogP contribution in [0.4, 0.5) is 23.8 Å². The van der Waals surface area contributed by atoms with Crippen molar-refractivity contribution in [1.29, 1.82) is 0 Å². The van der Waals surface area contributed by atoms with Crippen LogP contribution in [0.2, 0.25) is 0 Å². The summed E-state index contributed by atoms with van der Waals surface area (Å²) in [7, 11) is 0. The molecule has 1 aliphatic rings. The maximum Gasteiger partial charge on any atom is 0.490 e. The highest BCUT2D eigenvalue weighted by atomic mass is 19.4. The van der Waals surface area contributed by atoms with E-state index in [4.69, 9.17) is 9.90 Å². The summed E-state index contributed by atoms with van der Waals surface area (Å²) >= 11 is 0. The van der Waals surface area contributed by atoms with E-state index >= 15 is 0 Å². The van der Waals surface area contributed by atoms with Gasteiger partial charge in [-0.1, -0.05) is 29.8 Å². The molecular weight excluding hydrogens is 467 g/mol. The van der Waals surface area contributed by atoms with Gasteiger partial charge in [-0.3, -0.25) is 15.2 Å². The molecule has 4 rings (SSSR count). The van der Waals surface area contributed by atoms with Gasteiger partial charge in [0.05, 0.1) is 12.4 Å². The topological polar surface area (TPSA) is 125 Å². The molecule has 13 heteroatoms. The average Bonchev–Trinajstić information content (AvgIpc) is 3.45. The summed E-state index contributed by atoms with van der Waals surface area (Å²) in [6, 6.07) is 12.1. The molecule has 3 aromatic rings. The molecule has 1 fully saturated rings. The van der Waals surface area contributed by atoms with Gasteiger partial charge in [-0.15, -0.1) is 9.90 Å². The number of hydrogen-bond acceptors (Lipinski definition) is 6. The van der Waals surface area contributed by atoms with Gasteiger partial charge in [0.15, 0.2) is 5.82 Å². The maximum absolute atomic E-state index is 12.3. The van der Waals surface area contributed by atoms with E-state index in [2.05, 4.69) is 61.9 Å². The molecule has 3 heterocycles. The smallest absolute Gasteiger partial charge is 0.475 e. The minimum atomic E-state index is -5.08. The highest BCUT2D eigenvalue weighted by Gasteiger charge is 2.38. The Morgan fingerprint density at radius 1 is 1.17 bits per heavy atom. The Morgan fingerprint density at radius 3 is 2.51 bits per heavy atom. The van der Waals surface area contributed by atoms with E-state index in [1.165, 1.54) is 22.1 Å².